The highest BCUT2D eigenvalue weighted by Crippen LogP contribution is 2.21. The van der Waals surface area contributed by atoms with E-state index in [4.69, 9.17) is 0 Å². The third-order valence-corrected chi connectivity index (χ3v) is 10.0. The van der Waals surface area contributed by atoms with Crippen LogP contribution in [0.25, 0.3) is 0 Å². The number of anilines is 3. The molecule has 1 heterocycles. The van der Waals surface area contributed by atoms with Crippen LogP contribution in [0.1, 0.15) is 144 Å². The second-order valence-electron chi connectivity index (χ2n) is 16.1. The molecule has 0 spiro atoms. The number of carbonyl (C=O) groups is 6. The number of nitrogens with zero attached hydrogens (tertiary/aromatic N) is 10. The van der Waals surface area contributed by atoms with Gasteiger partial charge in [-0.05, 0) is 38.5 Å². The van der Waals surface area contributed by atoms with Gasteiger partial charge in [-0.1, -0.05) is 106 Å². The van der Waals surface area contributed by atoms with E-state index in [0.29, 0.717) is 59.0 Å². The fourth-order valence-corrected chi connectivity index (χ4v) is 6.41. The SMILES string of the molecule is CCCCCCCCNC(=O)CN(CC(=O)NCCCCCCCC)c1nc(N(CC(=O)N(O)CCC)CC(=O)N(O)CCC)nc(N(CC(=O)N(O)CCC)CC(=O)N(O)CCC)n1. The molecule has 22 heteroatoms. The van der Waals surface area contributed by atoms with Crippen molar-refractivity contribution in [2.45, 2.75) is 144 Å². The van der Waals surface area contributed by atoms with Gasteiger partial charge in [0.2, 0.25) is 29.7 Å². The molecule has 0 radical (unpaired) electrons. The van der Waals surface area contributed by atoms with Crippen LogP contribution in [0, 0.1) is 0 Å². The van der Waals surface area contributed by atoms with Crippen LogP contribution in [0.2, 0.25) is 0 Å². The predicted octanol–water partition coefficient (Wildman–Crippen LogP) is 3.76. The molecule has 1 rings (SSSR count). The molecular weight excluding hydrogens is 845 g/mol. The quantitative estimate of drug-likeness (QED) is 0.0315. The largest absolute Gasteiger partial charge is 0.355 e. The van der Waals surface area contributed by atoms with Crippen LogP contribution in [0.4, 0.5) is 17.8 Å². The Morgan fingerprint density at radius 1 is 0.369 bits per heavy atom. The number of unbranched alkanes of at least 4 members (excludes halogenated alkanes) is 10. The molecule has 0 fully saturated rings. The van der Waals surface area contributed by atoms with Crippen molar-refractivity contribution in [2.75, 3.05) is 93.2 Å². The van der Waals surface area contributed by atoms with E-state index in [2.05, 4.69) is 39.4 Å². The molecular formula is C43H80N12O10. The lowest BCUT2D eigenvalue weighted by atomic mass is 10.1. The number of rotatable bonds is 37. The third-order valence-electron chi connectivity index (χ3n) is 10.0. The summed E-state index contributed by atoms with van der Waals surface area (Å²) in [7, 11) is 0. The Morgan fingerprint density at radius 2 is 0.615 bits per heavy atom. The summed E-state index contributed by atoms with van der Waals surface area (Å²) in [6.07, 6.45) is 13.5. The molecule has 0 atom stereocenters. The number of amides is 6. The zero-order chi connectivity index (χ0) is 48.6. The molecule has 65 heavy (non-hydrogen) atoms. The van der Waals surface area contributed by atoms with E-state index in [1.807, 2.05) is 0 Å². The molecule has 0 saturated heterocycles. The molecule has 0 unspecified atom stereocenters. The van der Waals surface area contributed by atoms with Gasteiger partial charge in [0.25, 0.3) is 23.6 Å². The molecule has 1 aromatic heterocycles. The van der Waals surface area contributed by atoms with E-state index in [1.165, 1.54) is 4.90 Å². The van der Waals surface area contributed by atoms with Crippen molar-refractivity contribution >= 4 is 53.3 Å². The van der Waals surface area contributed by atoms with Gasteiger partial charge in [-0.3, -0.25) is 49.6 Å². The number of aromatic nitrogens is 3. The van der Waals surface area contributed by atoms with Gasteiger partial charge in [0, 0.05) is 39.3 Å². The lowest BCUT2D eigenvalue weighted by Crippen LogP contribution is -2.48. The van der Waals surface area contributed by atoms with E-state index in [1.54, 1.807) is 27.7 Å². The van der Waals surface area contributed by atoms with Gasteiger partial charge in [0.15, 0.2) is 0 Å². The summed E-state index contributed by atoms with van der Waals surface area (Å²) in [5.41, 5.74) is 0. The van der Waals surface area contributed by atoms with E-state index >= 15 is 0 Å². The fraction of sp³-hybridized carbons (Fsp3) is 0.791. The Hall–Kier alpha value is -4.93. The normalized spacial score (nSPS) is 10.9. The first-order chi connectivity index (χ1) is 31.1. The molecule has 6 amide bonds. The average molecular weight is 925 g/mol. The minimum Gasteiger partial charge on any atom is -0.355 e. The number of hydrogen-bond donors (Lipinski definition) is 6. The minimum absolute atomic E-state index is 0.0609. The summed E-state index contributed by atoms with van der Waals surface area (Å²) in [4.78, 5) is 97.6. The standard InChI is InChI=1S/C43H80N12O10/c1-7-13-15-17-19-21-23-44-35(56)29-49(30-36(57)45-24-22-20-18-16-14-8-2)41-46-42(50(31-37(58)52(62)25-9-3)32-38(59)53(63)26-10-4)48-43(47-41)51(33-39(60)54(64)27-11-5)34-40(61)55(65)28-12-6/h62-65H,7-34H2,1-6H3,(H,44,56)(H,45,57). The van der Waals surface area contributed by atoms with Crippen molar-refractivity contribution in [3.05, 3.63) is 0 Å². The molecule has 372 valence electrons. The van der Waals surface area contributed by atoms with Gasteiger partial charge in [-0.2, -0.15) is 15.0 Å². The first kappa shape index (κ1) is 58.1. The summed E-state index contributed by atoms with van der Waals surface area (Å²) in [6.45, 7) is 7.89. The van der Waals surface area contributed by atoms with Gasteiger partial charge in [-0.25, -0.2) is 20.3 Å². The lowest BCUT2D eigenvalue weighted by Gasteiger charge is -2.30. The summed E-state index contributed by atoms with van der Waals surface area (Å²) in [5, 5.41) is 49.7. The fourth-order valence-electron chi connectivity index (χ4n) is 6.41. The summed E-state index contributed by atoms with van der Waals surface area (Å²) in [6, 6.07) is 0. The van der Waals surface area contributed by atoms with Crippen LogP contribution < -0.4 is 25.3 Å². The number of hydroxylamine groups is 8. The summed E-state index contributed by atoms with van der Waals surface area (Å²) < 4.78 is 0. The van der Waals surface area contributed by atoms with Crippen molar-refractivity contribution in [1.82, 2.24) is 45.8 Å². The zero-order valence-electron chi connectivity index (χ0n) is 40.0. The number of carbonyl (C=O) groups excluding carboxylic acids is 6. The van der Waals surface area contributed by atoms with Crippen molar-refractivity contribution in [3.63, 3.8) is 0 Å². The van der Waals surface area contributed by atoms with Gasteiger partial charge in [-0.15, -0.1) is 0 Å². The first-order valence-corrected chi connectivity index (χ1v) is 23.7. The van der Waals surface area contributed by atoms with Gasteiger partial charge in [0.1, 0.15) is 39.3 Å². The van der Waals surface area contributed by atoms with Gasteiger partial charge in [0.05, 0.1) is 0 Å². The molecule has 6 N–H and O–H groups in total. The Bertz CT molecular complexity index is 1400. The smallest absolute Gasteiger partial charge is 0.265 e. The molecule has 0 bridgehead atoms. The van der Waals surface area contributed by atoms with Crippen molar-refractivity contribution in [2.24, 2.45) is 0 Å². The minimum atomic E-state index is -0.878. The maximum atomic E-state index is 13.6. The highest BCUT2D eigenvalue weighted by atomic mass is 16.5. The van der Waals surface area contributed by atoms with Gasteiger partial charge < -0.3 is 25.3 Å². The van der Waals surface area contributed by atoms with Gasteiger partial charge >= 0.3 is 0 Å². The number of nitrogens with one attached hydrogen (secondary N) is 2. The van der Waals surface area contributed by atoms with E-state index in [9.17, 15) is 49.6 Å². The predicted molar refractivity (Wildman–Crippen MR) is 244 cm³/mol. The maximum Gasteiger partial charge on any atom is 0.265 e. The number of hydrogen-bond acceptors (Lipinski definition) is 16. The highest BCUT2D eigenvalue weighted by molar-refractivity contribution is 5.88. The topological polar surface area (TPSA) is 269 Å². The molecule has 1 aromatic rings. The molecule has 0 aliphatic heterocycles. The molecule has 0 aromatic carbocycles. The maximum absolute atomic E-state index is 13.6. The molecule has 22 nitrogen and oxygen atoms in total. The van der Waals surface area contributed by atoms with Crippen LogP contribution in [0.5, 0.6) is 0 Å². The summed E-state index contributed by atoms with van der Waals surface area (Å²) >= 11 is 0. The van der Waals surface area contributed by atoms with E-state index in [-0.39, 0.29) is 32.1 Å². The van der Waals surface area contributed by atoms with Crippen LogP contribution in [0.15, 0.2) is 0 Å². The first-order valence-electron chi connectivity index (χ1n) is 23.7. The van der Waals surface area contributed by atoms with E-state index in [0.717, 1.165) is 86.8 Å². The Balaban J connectivity index is 4.04. The van der Waals surface area contributed by atoms with Crippen molar-refractivity contribution in [3.8, 4) is 0 Å². The molecule has 0 aliphatic rings. The zero-order valence-corrected chi connectivity index (χ0v) is 40.0. The van der Waals surface area contributed by atoms with Crippen LogP contribution in [0.3, 0.4) is 0 Å². The van der Waals surface area contributed by atoms with E-state index < -0.39 is 86.6 Å². The Kier molecular flexibility index (Phi) is 30.8. The third kappa shape index (κ3) is 24.3. The second kappa shape index (κ2) is 34.4. The van der Waals surface area contributed by atoms with Crippen LogP contribution in [-0.4, -0.2) is 170 Å². The summed E-state index contributed by atoms with van der Waals surface area (Å²) in [5.74, 6) is -5.67. The Labute approximate surface area is 385 Å². The molecule has 0 aliphatic carbocycles. The van der Waals surface area contributed by atoms with Crippen molar-refractivity contribution < 1.29 is 49.6 Å². The van der Waals surface area contributed by atoms with Crippen molar-refractivity contribution in [1.29, 1.82) is 0 Å². The molecule has 0 saturated carbocycles. The second-order valence-corrected chi connectivity index (χ2v) is 16.1. The lowest BCUT2D eigenvalue weighted by molar-refractivity contribution is -0.166. The average Bonchev–Trinajstić information content (AvgIpc) is 3.27. The van der Waals surface area contributed by atoms with Crippen LogP contribution >= 0.6 is 0 Å². The highest BCUT2D eigenvalue weighted by Gasteiger charge is 2.30. The van der Waals surface area contributed by atoms with Crippen LogP contribution in [-0.2, 0) is 28.8 Å². The monoisotopic (exact) mass is 925 g/mol. The Morgan fingerprint density at radius 3 is 0.877 bits per heavy atom.